The number of halogens is 6. The van der Waals surface area contributed by atoms with Gasteiger partial charge in [-0.05, 0) is 42.8 Å². The largest absolute Gasteiger partial charge is 0.573 e. The van der Waals surface area contributed by atoms with Gasteiger partial charge >= 0.3 is 6.36 Å². The van der Waals surface area contributed by atoms with E-state index in [1.165, 1.54) is 19.1 Å². The third-order valence-electron chi connectivity index (χ3n) is 5.28. The molecule has 1 saturated heterocycles. The normalized spacial score (nSPS) is 15.2. The van der Waals surface area contributed by atoms with Crippen molar-refractivity contribution in [3.05, 3.63) is 57.3 Å². The highest BCUT2D eigenvalue weighted by atomic mass is 35.5. The van der Waals surface area contributed by atoms with Gasteiger partial charge in [0.25, 0.3) is 5.91 Å². The van der Waals surface area contributed by atoms with E-state index >= 15 is 0 Å². The highest BCUT2D eigenvalue weighted by molar-refractivity contribution is 7.90. The Bertz CT molecular complexity index is 1200. The van der Waals surface area contributed by atoms with E-state index < -0.39 is 39.4 Å². The highest BCUT2D eigenvalue weighted by Gasteiger charge is 2.32. The summed E-state index contributed by atoms with van der Waals surface area (Å²) in [6.45, 7) is 3.73. The van der Waals surface area contributed by atoms with Crippen LogP contribution in [-0.4, -0.2) is 57.5 Å². The summed E-state index contributed by atoms with van der Waals surface area (Å²) in [6, 6.07) is 6.23. The average molecular weight is 558 g/mol. The first-order valence-corrected chi connectivity index (χ1v) is 12.7. The van der Waals surface area contributed by atoms with Crippen molar-refractivity contribution in [2.24, 2.45) is 0 Å². The number of hydrogen-bond acceptors (Lipinski definition) is 6. The molecule has 0 spiro atoms. The van der Waals surface area contributed by atoms with Gasteiger partial charge in [-0.1, -0.05) is 23.2 Å². The number of rotatable bonds is 7. The van der Waals surface area contributed by atoms with Crippen LogP contribution in [0.4, 0.5) is 23.2 Å². The summed E-state index contributed by atoms with van der Waals surface area (Å²) < 4.78 is 80.6. The summed E-state index contributed by atoms with van der Waals surface area (Å²) in [4.78, 5) is 16.0. The van der Waals surface area contributed by atoms with E-state index in [1.54, 1.807) is 4.72 Å². The number of carbonyl (C=O) groups excluding carboxylic acids is 1. The summed E-state index contributed by atoms with van der Waals surface area (Å²) >= 11 is 12.2. The molecular formula is C21H21Cl2F4N3O4S. The number of piperazine rings is 1. The molecule has 2 aromatic rings. The third-order valence-corrected chi connectivity index (χ3v) is 7.19. The molecule has 35 heavy (non-hydrogen) atoms. The van der Waals surface area contributed by atoms with E-state index in [1.807, 2.05) is 9.80 Å². The van der Waals surface area contributed by atoms with Gasteiger partial charge in [-0.25, -0.2) is 17.5 Å². The molecule has 3 rings (SSSR count). The van der Waals surface area contributed by atoms with Crippen molar-refractivity contribution in [3.63, 3.8) is 0 Å². The van der Waals surface area contributed by atoms with Crippen LogP contribution in [0.1, 0.15) is 22.8 Å². The molecule has 2 aromatic carbocycles. The lowest BCUT2D eigenvalue weighted by molar-refractivity contribution is -0.274. The van der Waals surface area contributed by atoms with E-state index in [-0.39, 0.29) is 22.3 Å². The Morgan fingerprint density at radius 1 is 1.09 bits per heavy atom. The van der Waals surface area contributed by atoms with E-state index in [9.17, 15) is 30.8 Å². The molecule has 1 aliphatic heterocycles. The number of amides is 1. The second-order valence-corrected chi connectivity index (χ2v) is 10.5. The minimum atomic E-state index is -4.84. The fourth-order valence-electron chi connectivity index (χ4n) is 3.45. The Kier molecular flexibility index (Phi) is 8.40. The van der Waals surface area contributed by atoms with Crippen LogP contribution in [-0.2, 0) is 16.6 Å². The predicted molar refractivity (Wildman–Crippen MR) is 124 cm³/mol. The van der Waals surface area contributed by atoms with Gasteiger partial charge in [-0.3, -0.25) is 9.69 Å². The second kappa shape index (κ2) is 10.8. The van der Waals surface area contributed by atoms with Crippen LogP contribution >= 0.6 is 23.2 Å². The molecule has 0 radical (unpaired) electrons. The van der Waals surface area contributed by atoms with Crippen LogP contribution in [0.2, 0.25) is 10.0 Å². The Hall–Kier alpha value is -2.28. The molecule has 0 bridgehead atoms. The van der Waals surface area contributed by atoms with E-state index in [4.69, 9.17) is 23.2 Å². The van der Waals surface area contributed by atoms with Gasteiger partial charge in [0.05, 0.1) is 16.3 Å². The van der Waals surface area contributed by atoms with Gasteiger partial charge in [0.2, 0.25) is 10.0 Å². The number of sulfonamides is 1. The first-order chi connectivity index (χ1) is 16.3. The molecule has 14 heteroatoms. The zero-order chi connectivity index (χ0) is 26.0. The third kappa shape index (κ3) is 7.35. The number of nitrogens with one attached hydrogen (secondary N) is 1. The Morgan fingerprint density at radius 3 is 2.31 bits per heavy atom. The smallest absolute Gasteiger partial charge is 0.404 e. The van der Waals surface area contributed by atoms with Crippen molar-refractivity contribution in [2.45, 2.75) is 19.8 Å². The molecule has 0 aliphatic carbocycles. The Morgan fingerprint density at radius 2 is 1.74 bits per heavy atom. The topological polar surface area (TPSA) is 79.0 Å². The first kappa shape index (κ1) is 27.3. The first-order valence-electron chi connectivity index (χ1n) is 10.3. The van der Waals surface area contributed by atoms with E-state index in [0.29, 0.717) is 37.4 Å². The zero-order valence-corrected chi connectivity index (χ0v) is 20.7. The fraction of sp³-hybridized carbons (Fsp3) is 0.381. The van der Waals surface area contributed by atoms with Gasteiger partial charge in [0.15, 0.2) is 0 Å². The number of nitrogens with zero attached hydrogens (tertiary/aromatic N) is 2. The van der Waals surface area contributed by atoms with Crippen LogP contribution in [0, 0.1) is 5.82 Å². The molecule has 192 valence electrons. The number of alkyl halides is 3. The number of benzene rings is 2. The van der Waals surface area contributed by atoms with Crippen molar-refractivity contribution in [2.75, 3.05) is 36.8 Å². The van der Waals surface area contributed by atoms with Gasteiger partial charge < -0.3 is 9.64 Å². The van der Waals surface area contributed by atoms with Crippen LogP contribution < -0.4 is 14.4 Å². The number of hydrogen-bond donors (Lipinski definition) is 1. The molecule has 0 saturated carbocycles. The molecule has 0 aromatic heterocycles. The summed E-state index contributed by atoms with van der Waals surface area (Å²) in [5, 5.41) is -0.0553. The maximum absolute atomic E-state index is 14.5. The lowest BCUT2D eigenvalue weighted by atomic mass is 10.1. The van der Waals surface area contributed by atoms with Crippen molar-refractivity contribution in [3.8, 4) is 5.75 Å². The Labute approximate surface area is 209 Å². The molecule has 0 atom stereocenters. The fourth-order valence-corrected chi connectivity index (χ4v) is 4.42. The molecule has 1 N–H and O–H groups in total. The predicted octanol–water partition coefficient (Wildman–Crippen LogP) is 4.43. The molecule has 1 heterocycles. The number of ether oxygens (including phenoxy) is 1. The minimum absolute atomic E-state index is 0.111. The number of anilines is 1. The van der Waals surface area contributed by atoms with Crippen molar-refractivity contribution >= 4 is 44.8 Å². The van der Waals surface area contributed by atoms with Crippen LogP contribution in [0.3, 0.4) is 0 Å². The summed E-state index contributed by atoms with van der Waals surface area (Å²) in [5.74, 6) is -2.82. The molecule has 1 fully saturated rings. The van der Waals surface area contributed by atoms with Crippen LogP contribution in [0.15, 0.2) is 30.3 Å². The quantitative estimate of drug-likeness (QED) is 0.507. The van der Waals surface area contributed by atoms with Gasteiger partial charge in [0, 0.05) is 43.4 Å². The van der Waals surface area contributed by atoms with Gasteiger partial charge in [0.1, 0.15) is 11.6 Å². The van der Waals surface area contributed by atoms with Crippen molar-refractivity contribution < 1.29 is 35.5 Å². The van der Waals surface area contributed by atoms with E-state index in [0.717, 1.165) is 18.2 Å². The highest BCUT2D eigenvalue weighted by Crippen LogP contribution is 2.33. The van der Waals surface area contributed by atoms with E-state index in [2.05, 4.69) is 4.74 Å². The molecule has 7 nitrogen and oxygen atoms in total. The lowest BCUT2D eigenvalue weighted by Gasteiger charge is -2.36. The monoisotopic (exact) mass is 557 g/mol. The molecule has 1 amide bonds. The summed E-state index contributed by atoms with van der Waals surface area (Å²) in [5.41, 5.74) is 0.574. The van der Waals surface area contributed by atoms with Crippen LogP contribution in [0.5, 0.6) is 5.75 Å². The van der Waals surface area contributed by atoms with Gasteiger partial charge in [-0.2, -0.15) is 0 Å². The van der Waals surface area contributed by atoms with Crippen molar-refractivity contribution in [1.29, 1.82) is 0 Å². The SMILES string of the molecule is CCS(=O)(=O)NC(=O)c1cc(Cl)c(CN2CCN(c3ccc(OC(F)(F)F)c(Cl)c3)CC2)cc1F. The maximum atomic E-state index is 14.5. The zero-order valence-electron chi connectivity index (χ0n) is 18.3. The standard InChI is InChI=1S/C21H21Cl2F4N3O4S/c1-2-35(32,33)28-20(31)15-11-16(22)13(9-18(15)24)12-29-5-7-30(8-6-29)14-3-4-19(17(23)10-14)34-21(25,26)27/h3-4,9-11H,2,5-8,12H2,1H3,(H,28,31). The summed E-state index contributed by atoms with van der Waals surface area (Å²) in [7, 11) is -3.86. The minimum Gasteiger partial charge on any atom is -0.404 e. The molecule has 1 aliphatic rings. The average Bonchev–Trinajstić information content (AvgIpc) is 2.76. The van der Waals surface area contributed by atoms with Gasteiger partial charge in [-0.15, -0.1) is 13.2 Å². The maximum Gasteiger partial charge on any atom is 0.573 e. The van der Waals surface area contributed by atoms with Crippen molar-refractivity contribution in [1.82, 2.24) is 9.62 Å². The molecule has 0 unspecified atom stereocenters. The number of carbonyl (C=O) groups is 1. The second-order valence-electron chi connectivity index (χ2n) is 7.68. The lowest BCUT2D eigenvalue weighted by Crippen LogP contribution is -2.46. The summed E-state index contributed by atoms with van der Waals surface area (Å²) in [6.07, 6.45) is -4.84. The van der Waals surface area contributed by atoms with Crippen LogP contribution in [0.25, 0.3) is 0 Å². The Balaban J connectivity index is 1.62. The molecular weight excluding hydrogens is 537 g/mol.